The van der Waals surface area contributed by atoms with Gasteiger partial charge < -0.3 is 10.6 Å². The zero-order chi connectivity index (χ0) is 15.2. The number of benzene rings is 1. The molecular formula is C17H25BrN2O. The van der Waals surface area contributed by atoms with Crippen molar-refractivity contribution in [3.05, 3.63) is 34.3 Å². The lowest BCUT2D eigenvalue weighted by Crippen LogP contribution is -2.41. The number of amides is 1. The topological polar surface area (TPSA) is 41.1 Å². The molecule has 4 heteroatoms. The maximum atomic E-state index is 12.6. The molecule has 1 aromatic carbocycles. The molecule has 0 spiro atoms. The lowest BCUT2D eigenvalue weighted by Gasteiger charge is -2.21. The van der Waals surface area contributed by atoms with Crippen LogP contribution < -0.4 is 10.6 Å². The minimum Gasteiger partial charge on any atom is -0.352 e. The quantitative estimate of drug-likeness (QED) is 0.825. The smallest absolute Gasteiger partial charge is 0.223 e. The molecule has 1 aliphatic heterocycles. The molecule has 3 nitrogen and oxygen atoms in total. The van der Waals surface area contributed by atoms with E-state index in [1.165, 1.54) is 5.56 Å². The first-order valence-corrected chi connectivity index (χ1v) is 8.59. The van der Waals surface area contributed by atoms with Gasteiger partial charge in [-0.05, 0) is 49.4 Å². The van der Waals surface area contributed by atoms with Crippen LogP contribution in [0.5, 0.6) is 0 Å². The van der Waals surface area contributed by atoms with Crippen molar-refractivity contribution in [2.24, 2.45) is 11.8 Å². The number of halogens is 1. The minimum absolute atomic E-state index is 0.0555. The predicted molar refractivity (Wildman–Crippen MR) is 90.2 cm³/mol. The van der Waals surface area contributed by atoms with Crippen molar-refractivity contribution in [2.75, 3.05) is 13.1 Å². The summed E-state index contributed by atoms with van der Waals surface area (Å²) in [6.45, 7) is 6.26. The van der Waals surface area contributed by atoms with Crippen molar-refractivity contribution in [3.63, 3.8) is 0 Å². The van der Waals surface area contributed by atoms with Crippen LogP contribution in [0.3, 0.4) is 0 Å². The van der Waals surface area contributed by atoms with Crippen LogP contribution in [0.4, 0.5) is 0 Å². The Hall–Kier alpha value is -0.870. The van der Waals surface area contributed by atoms with Gasteiger partial charge in [0.15, 0.2) is 0 Å². The summed E-state index contributed by atoms with van der Waals surface area (Å²) in [5.74, 6) is 0.784. The molecule has 0 aromatic heterocycles. The number of rotatable bonds is 6. The summed E-state index contributed by atoms with van der Waals surface area (Å²) < 4.78 is 1.07. The monoisotopic (exact) mass is 352 g/mol. The van der Waals surface area contributed by atoms with Crippen molar-refractivity contribution in [3.8, 4) is 0 Å². The Balaban J connectivity index is 2.00. The molecule has 1 saturated heterocycles. The summed E-state index contributed by atoms with van der Waals surface area (Å²) in [7, 11) is 0. The third kappa shape index (κ3) is 5.44. The molecule has 1 aliphatic rings. The van der Waals surface area contributed by atoms with Crippen LogP contribution in [-0.4, -0.2) is 25.0 Å². The SMILES string of the molecule is CC(C)CC(Cc1cccc(Br)c1)C(=O)NC1CCNC1. The van der Waals surface area contributed by atoms with Gasteiger partial charge in [0.2, 0.25) is 5.91 Å². The maximum Gasteiger partial charge on any atom is 0.223 e. The second kappa shape index (κ2) is 7.95. The van der Waals surface area contributed by atoms with Gasteiger partial charge in [-0.3, -0.25) is 4.79 Å². The summed E-state index contributed by atoms with van der Waals surface area (Å²) >= 11 is 3.50. The van der Waals surface area contributed by atoms with E-state index >= 15 is 0 Å². The molecule has 1 amide bonds. The van der Waals surface area contributed by atoms with Gasteiger partial charge in [-0.1, -0.05) is 41.9 Å². The Kier molecular flexibility index (Phi) is 6.24. The fraction of sp³-hybridized carbons (Fsp3) is 0.588. The first-order chi connectivity index (χ1) is 10.0. The van der Waals surface area contributed by atoms with Gasteiger partial charge in [0, 0.05) is 23.0 Å². The molecule has 0 aliphatic carbocycles. The molecule has 1 aromatic rings. The van der Waals surface area contributed by atoms with Gasteiger partial charge in [0.1, 0.15) is 0 Å². The number of hydrogen-bond donors (Lipinski definition) is 2. The van der Waals surface area contributed by atoms with Crippen molar-refractivity contribution in [1.29, 1.82) is 0 Å². The second-order valence-electron chi connectivity index (χ2n) is 6.36. The Morgan fingerprint density at radius 1 is 1.48 bits per heavy atom. The lowest BCUT2D eigenvalue weighted by molar-refractivity contribution is -0.126. The molecule has 0 saturated carbocycles. The van der Waals surface area contributed by atoms with Crippen molar-refractivity contribution in [1.82, 2.24) is 10.6 Å². The summed E-state index contributed by atoms with van der Waals surface area (Å²) in [6, 6.07) is 8.56. The van der Waals surface area contributed by atoms with Crippen molar-refractivity contribution >= 4 is 21.8 Å². The highest BCUT2D eigenvalue weighted by atomic mass is 79.9. The maximum absolute atomic E-state index is 12.6. The first-order valence-electron chi connectivity index (χ1n) is 7.80. The Labute approximate surface area is 136 Å². The molecule has 2 unspecified atom stereocenters. The molecule has 21 heavy (non-hydrogen) atoms. The summed E-state index contributed by atoms with van der Waals surface area (Å²) in [5.41, 5.74) is 1.22. The van der Waals surface area contributed by atoms with E-state index in [1.54, 1.807) is 0 Å². The highest BCUT2D eigenvalue weighted by Crippen LogP contribution is 2.20. The van der Waals surface area contributed by atoms with E-state index < -0.39 is 0 Å². The number of carbonyl (C=O) groups is 1. The highest BCUT2D eigenvalue weighted by molar-refractivity contribution is 9.10. The van der Waals surface area contributed by atoms with E-state index in [0.29, 0.717) is 12.0 Å². The van der Waals surface area contributed by atoms with E-state index in [0.717, 1.165) is 36.8 Å². The van der Waals surface area contributed by atoms with Crippen LogP contribution in [0.25, 0.3) is 0 Å². The van der Waals surface area contributed by atoms with Gasteiger partial charge >= 0.3 is 0 Å². The second-order valence-corrected chi connectivity index (χ2v) is 7.27. The highest BCUT2D eigenvalue weighted by Gasteiger charge is 2.24. The van der Waals surface area contributed by atoms with Crippen LogP contribution in [0, 0.1) is 11.8 Å². The first kappa shape index (κ1) is 16.5. The normalized spacial score (nSPS) is 19.7. The van der Waals surface area contributed by atoms with Crippen molar-refractivity contribution < 1.29 is 4.79 Å². The third-order valence-electron chi connectivity index (χ3n) is 3.90. The van der Waals surface area contributed by atoms with Gasteiger partial charge in [-0.25, -0.2) is 0 Å². The van der Waals surface area contributed by atoms with Crippen molar-refractivity contribution in [2.45, 2.75) is 39.2 Å². The third-order valence-corrected chi connectivity index (χ3v) is 4.40. The van der Waals surface area contributed by atoms with E-state index in [4.69, 9.17) is 0 Å². The molecule has 2 N–H and O–H groups in total. The van der Waals surface area contributed by atoms with Crippen LogP contribution in [0.1, 0.15) is 32.3 Å². The molecule has 0 radical (unpaired) electrons. The molecule has 1 heterocycles. The zero-order valence-electron chi connectivity index (χ0n) is 12.9. The number of nitrogens with one attached hydrogen (secondary N) is 2. The average Bonchev–Trinajstić information content (AvgIpc) is 2.90. The zero-order valence-corrected chi connectivity index (χ0v) is 14.4. The standard InChI is InChI=1S/C17H25BrN2O/c1-12(2)8-14(9-13-4-3-5-15(18)10-13)17(21)20-16-6-7-19-11-16/h3-5,10,12,14,16,19H,6-9,11H2,1-2H3,(H,20,21). The minimum atomic E-state index is 0.0555. The van der Waals surface area contributed by atoms with Crippen LogP contribution in [-0.2, 0) is 11.2 Å². The summed E-state index contributed by atoms with van der Waals surface area (Å²) in [4.78, 5) is 12.6. The Morgan fingerprint density at radius 3 is 2.90 bits per heavy atom. The van der Waals surface area contributed by atoms with Crippen LogP contribution >= 0.6 is 15.9 Å². The molecule has 1 fully saturated rings. The molecule has 0 bridgehead atoms. The van der Waals surface area contributed by atoms with Gasteiger partial charge in [-0.15, -0.1) is 0 Å². The fourth-order valence-corrected chi connectivity index (χ4v) is 3.34. The van der Waals surface area contributed by atoms with Gasteiger partial charge in [0.25, 0.3) is 0 Å². The lowest BCUT2D eigenvalue weighted by atomic mass is 9.90. The van der Waals surface area contributed by atoms with E-state index in [-0.39, 0.29) is 11.8 Å². The van der Waals surface area contributed by atoms with Crippen LogP contribution in [0.15, 0.2) is 28.7 Å². The molecule has 116 valence electrons. The van der Waals surface area contributed by atoms with E-state index in [1.807, 2.05) is 12.1 Å². The molecule has 2 atom stereocenters. The molecular weight excluding hydrogens is 328 g/mol. The van der Waals surface area contributed by atoms with Crippen LogP contribution in [0.2, 0.25) is 0 Å². The fourth-order valence-electron chi connectivity index (χ4n) is 2.90. The molecule has 2 rings (SSSR count). The summed E-state index contributed by atoms with van der Waals surface area (Å²) in [5, 5.41) is 6.50. The van der Waals surface area contributed by atoms with E-state index in [2.05, 4.69) is 52.5 Å². The Bertz CT molecular complexity index is 470. The largest absolute Gasteiger partial charge is 0.352 e. The van der Waals surface area contributed by atoms with Gasteiger partial charge in [-0.2, -0.15) is 0 Å². The Morgan fingerprint density at radius 2 is 2.29 bits per heavy atom. The van der Waals surface area contributed by atoms with Gasteiger partial charge in [0.05, 0.1) is 0 Å². The predicted octanol–water partition coefficient (Wildman–Crippen LogP) is 3.13. The average molecular weight is 353 g/mol. The number of hydrogen-bond acceptors (Lipinski definition) is 2. The van der Waals surface area contributed by atoms with E-state index in [9.17, 15) is 4.79 Å². The summed E-state index contributed by atoms with van der Waals surface area (Å²) in [6.07, 6.45) is 2.78. The number of carbonyl (C=O) groups excluding carboxylic acids is 1.